The van der Waals surface area contributed by atoms with Gasteiger partial charge >= 0.3 is 0 Å². The number of fused-ring (bicyclic) bond motifs is 1. The first-order valence-electron chi connectivity index (χ1n) is 4.69. The minimum Gasteiger partial charge on any atom is -0.497 e. The lowest BCUT2D eigenvalue weighted by Gasteiger charge is -1.99. The van der Waals surface area contributed by atoms with E-state index < -0.39 is 10.0 Å². The van der Waals surface area contributed by atoms with Crippen LogP contribution in [0.5, 0.6) is 5.75 Å². The molecule has 1 N–H and O–H groups in total. The van der Waals surface area contributed by atoms with E-state index in [-0.39, 0.29) is 5.09 Å². The Bertz CT molecular complexity index is 631. The Hall–Kier alpha value is -1.57. The standard InChI is InChI=1S/C10H11NO5S/c1-14-8-4-3-7-5-10(16-9(7)6-8)17(12,13)11-15-2/h3-6,11H,1-2H3. The molecule has 0 spiro atoms. The molecule has 1 aromatic carbocycles. The number of hydrogen-bond donors (Lipinski definition) is 1. The molecule has 0 bridgehead atoms. The SMILES string of the molecule is CONS(=O)(=O)c1cc2ccc(OC)cc2o1. The predicted octanol–water partition coefficient (Wildman–Crippen LogP) is 1.28. The van der Waals surface area contributed by atoms with Crippen LogP contribution in [0.2, 0.25) is 0 Å². The van der Waals surface area contributed by atoms with Crippen LogP contribution in [0.15, 0.2) is 33.8 Å². The maximum absolute atomic E-state index is 11.6. The molecule has 0 aliphatic carbocycles. The molecule has 0 aliphatic heterocycles. The molecule has 0 saturated carbocycles. The Morgan fingerprint density at radius 2 is 2.00 bits per heavy atom. The molecule has 0 aliphatic rings. The minimum absolute atomic E-state index is 0.206. The first-order chi connectivity index (χ1) is 8.06. The maximum atomic E-state index is 11.6. The average molecular weight is 257 g/mol. The molecule has 0 fully saturated rings. The number of furan rings is 1. The van der Waals surface area contributed by atoms with Gasteiger partial charge in [0.1, 0.15) is 11.3 Å². The van der Waals surface area contributed by atoms with Crippen molar-refractivity contribution in [3.63, 3.8) is 0 Å². The lowest BCUT2D eigenvalue weighted by molar-refractivity contribution is 0.151. The molecule has 0 amide bonds. The second-order valence-corrected chi connectivity index (χ2v) is 4.84. The summed E-state index contributed by atoms with van der Waals surface area (Å²) in [5, 5.41) is 0.463. The zero-order chi connectivity index (χ0) is 12.5. The second-order valence-electron chi connectivity index (χ2n) is 3.26. The molecular formula is C10H11NO5S. The van der Waals surface area contributed by atoms with Gasteiger partial charge in [-0.3, -0.25) is 4.84 Å². The van der Waals surface area contributed by atoms with Gasteiger partial charge in [0.2, 0.25) is 5.09 Å². The van der Waals surface area contributed by atoms with Crippen molar-refractivity contribution in [1.82, 2.24) is 4.89 Å². The van der Waals surface area contributed by atoms with E-state index in [0.29, 0.717) is 16.7 Å². The molecule has 1 heterocycles. The summed E-state index contributed by atoms with van der Waals surface area (Å²) < 4.78 is 33.4. The molecule has 0 radical (unpaired) electrons. The fourth-order valence-corrected chi connectivity index (χ4v) is 2.18. The fraction of sp³-hybridized carbons (Fsp3) is 0.200. The molecule has 0 saturated heterocycles. The molecule has 0 unspecified atom stereocenters. The Morgan fingerprint density at radius 1 is 1.24 bits per heavy atom. The third kappa shape index (κ3) is 2.26. The van der Waals surface area contributed by atoms with Crippen LogP contribution in [0, 0.1) is 0 Å². The van der Waals surface area contributed by atoms with Gasteiger partial charge in [0, 0.05) is 17.5 Å². The van der Waals surface area contributed by atoms with E-state index in [0.717, 1.165) is 0 Å². The number of hydrogen-bond acceptors (Lipinski definition) is 5. The Balaban J connectivity index is 2.51. The Morgan fingerprint density at radius 3 is 2.65 bits per heavy atom. The lowest BCUT2D eigenvalue weighted by Crippen LogP contribution is -2.21. The van der Waals surface area contributed by atoms with Gasteiger partial charge in [-0.1, -0.05) is 4.89 Å². The topological polar surface area (TPSA) is 77.8 Å². The number of benzene rings is 1. The summed E-state index contributed by atoms with van der Waals surface area (Å²) in [4.78, 5) is 6.25. The lowest BCUT2D eigenvalue weighted by atomic mass is 10.2. The highest BCUT2D eigenvalue weighted by atomic mass is 32.2. The van der Waals surface area contributed by atoms with Crippen LogP contribution in [0.25, 0.3) is 11.0 Å². The number of methoxy groups -OCH3 is 1. The van der Waals surface area contributed by atoms with E-state index in [1.807, 2.05) is 4.89 Å². The van der Waals surface area contributed by atoms with Crippen LogP contribution in [-0.2, 0) is 14.9 Å². The second kappa shape index (κ2) is 4.36. The minimum atomic E-state index is -3.77. The van der Waals surface area contributed by atoms with Crippen molar-refractivity contribution in [2.45, 2.75) is 5.09 Å². The molecule has 1 aromatic heterocycles. The zero-order valence-corrected chi connectivity index (χ0v) is 10.1. The van der Waals surface area contributed by atoms with Crippen LogP contribution in [0.3, 0.4) is 0 Å². The summed E-state index contributed by atoms with van der Waals surface area (Å²) in [5.74, 6) is 0.593. The van der Waals surface area contributed by atoms with Gasteiger partial charge in [0.05, 0.1) is 14.2 Å². The number of nitrogens with one attached hydrogen (secondary N) is 1. The van der Waals surface area contributed by atoms with Gasteiger partial charge in [0.15, 0.2) is 0 Å². The van der Waals surface area contributed by atoms with Crippen molar-refractivity contribution < 1.29 is 22.4 Å². The largest absolute Gasteiger partial charge is 0.497 e. The summed E-state index contributed by atoms with van der Waals surface area (Å²) in [6.45, 7) is 0. The highest BCUT2D eigenvalue weighted by Crippen LogP contribution is 2.26. The van der Waals surface area contributed by atoms with E-state index >= 15 is 0 Å². The van der Waals surface area contributed by atoms with Gasteiger partial charge in [0.25, 0.3) is 10.0 Å². The van der Waals surface area contributed by atoms with Crippen molar-refractivity contribution in [3.05, 3.63) is 24.3 Å². The van der Waals surface area contributed by atoms with Crippen molar-refractivity contribution in [2.75, 3.05) is 14.2 Å². The van der Waals surface area contributed by atoms with E-state index in [9.17, 15) is 8.42 Å². The van der Waals surface area contributed by atoms with E-state index in [1.54, 1.807) is 18.2 Å². The predicted molar refractivity (Wildman–Crippen MR) is 60.1 cm³/mol. The summed E-state index contributed by atoms with van der Waals surface area (Å²) in [6, 6.07) is 6.46. The third-order valence-electron chi connectivity index (χ3n) is 2.16. The highest BCUT2D eigenvalue weighted by molar-refractivity contribution is 7.89. The highest BCUT2D eigenvalue weighted by Gasteiger charge is 2.19. The number of sulfonamides is 1. The monoisotopic (exact) mass is 257 g/mol. The van der Waals surface area contributed by atoms with Crippen molar-refractivity contribution in [3.8, 4) is 5.75 Å². The average Bonchev–Trinajstić information content (AvgIpc) is 2.72. The van der Waals surface area contributed by atoms with Crippen molar-refractivity contribution >= 4 is 21.0 Å². The molecule has 7 heteroatoms. The van der Waals surface area contributed by atoms with E-state index in [1.165, 1.54) is 20.3 Å². The first-order valence-corrected chi connectivity index (χ1v) is 6.17. The van der Waals surface area contributed by atoms with Crippen LogP contribution < -0.4 is 9.62 Å². The molecule has 0 atom stereocenters. The zero-order valence-electron chi connectivity index (χ0n) is 9.26. The van der Waals surface area contributed by atoms with Gasteiger partial charge in [-0.15, -0.1) is 0 Å². The third-order valence-corrected chi connectivity index (χ3v) is 3.28. The first kappa shape index (κ1) is 11.9. The summed E-state index contributed by atoms with van der Waals surface area (Å²) in [7, 11) is -1.04. The quantitative estimate of drug-likeness (QED) is 0.835. The molecule has 17 heavy (non-hydrogen) atoms. The summed E-state index contributed by atoms with van der Waals surface area (Å²) >= 11 is 0. The fourth-order valence-electron chi connectivity index (χ4n) is 1.40. The van der Waals surface area contributed by atoms with Gasteiger partial charge in [-0.05, 0) is 12.1 Å². The van der Waals surface area contributed by atoms with E-state index in [2.05, 4.69) is 4.84 Å². The molecule has 2 aromatic rings. The number of ether oxygens (including phenoxy) is 1. The van der Waals surface area contributed by atoms with Gasteiger partial charge in [-0.2, -0.15) is 0 Å². The summed E-state index contributed by atoms with van der Waals surface area (Å²) in [6.07, 6.45) is 0. The van der Waals surface area contributed by atoms with Crippen LogP contribution >= 0.6 is 0 Å². The summed E-state index contributed by atoms with van der Waals surface area (Å²) in [5.41, 5.74) is 0.431. The smallest absolute Gasteiger partial charge is 0.295 e. The maximum Gasteiger partial charge on any atom is 0.295 e. The van der Waals surface area contributed by atoms with Crippen molar-refractivity contribution in [1.29, 1.82) is 0 Å². The normalized spacial score (nSPS) is 11.9. The molecular weight excluding hydrogens is 246 g/mol. The van der Waals surface area contributed by atoms with Crippen LogP contribution in [0.4, 0.5) is 0 Å². The molecule has 6 nitrogen and oxygen atoms in total. The van der Waals surface area contributed by atoms with Gasteiger partial charge in [-0.25, -0.2) is 8.42 Å². The molecule has 92 valence electrons. The van der Waals surface area contributed by atoms with Crippen LogP contribution in [0.1, 0.15) is 0 Å². The molecule has 2 rings (SSSR count). The van der Waals surface area contributed by atoms with Gasteiger partial charge < -0.3 is 9.15 Å². The Labute approximate surface area is 98.1 Å². The number of rotatable bonds is 4. The Kier molecular flexibility index (Phi) is 3.05. The van der Waals surface area contributed by atoms with Crippen LogP contribution in [-0.4, -0.2) is 22.6 Å². The van der Waals surface area contributed by atoms with Crippen molar-refractivity contribution in [2.24, 2.45) is 0 Å². The van der Waals surface area contributed by atoms with E-state index in [4.69, 9.17) is 9.15 Å².